The van der Waals surface area contributed by atoms with E-state index in [2.05, 4.69) is 35.0 Å². The number of hydrogen-bond donors (Lipinski definition) is 6. The zero-order valence-corrected chi connectivity index (χ0v) is 31.8. The van der Waals surface area contributed by atoms with Crippen molar-refractivity contribution in [3.05, 3.63) is 124 Å². The number of fused-ring (bicyclic) bond motifs is 1. The Kier molecular flexibility index (Phi) is 12.7. The van der Waals surface area contributed by atoms with E-state index in [1.807, 2.05) is 48.5 Å². The highest BCUT2D eigenvalue weighted by Crippen LogP contribution is 2.35. The van der Waals surface area contributed by atoms with Crippen LogP contribution in [-0.2, 0) is 28.7 Å². The maximum atomic E-state index is 14.2. The van der Waals surface area contributed by atoms with Gasteiger partial charge in [0.25, 0.3) is 0 Å². The summed E-state index contributed by atoms with van der Waals surface area (Å²) in [5.41, 5.74) is 2.24. The number of nitrogens with one attached hydrogen (secondary N) is 4. The van der Waals surface area contributed by atoms with Gasteiger partial charge in [-0.15, -0.1) is 0 Å². The molecule has 1 aromatic heterocycles. The Hall–Kier alpha value is -5.70. The molecule has 4 aromatic carbocycles. The lowest BCUT2D eigenvalue weighted by atomic mass is 9.99. The van der Waals surface area contributed by atoms with Gasteiger partial charge in [0.05, 0.1) is 50.1 Å². The van der Waals surface area contributed by atoms with Crippen LogP contribution in [0.5, 0.6) is 5.75 Å². The van der Waals surface area contributed by atoms with E-state index in [9.17, 15) is 37.8 Å². The van der Waals surface area contributed by atoms with Gasteiger partial charge >= 0.3 is 12.3 Å². The van der Waals surface area contributed by atoms with Gasteiger partial charge in [-0.05, 0) is 65.4 Å². The Bertz CT molecular complexity index is 2270. The van der Waals surface area contributed by atoms with Gasteiger partial charge in [-0.2, -0.15) is 13.2 Å². The highest BCUT2D eigenvalue weighted by atomic mass is 19.4. The Balaban J connectivity index is 1.05. The number of likely N-dealkylation sites (tertiary alicyclic amines) is 1. The summed E-state index contributed by atoms with van der Waals surface area (Å²) >= 11 is 0. The number of aromatic hydroxyl groups is 1. The molecule has 5 aromatic rings. The molecule has 57 heavy (non-hydrogen) atoms. The molecule has 1 saturated heterocycles. The van der Waals surface area contributed by atoms with Crippen LogP contribution < -0.4 is 21.5 Å². The number of amides is 2. The first-order chi connectivity index (χ1) is 27.1. The van der Waals surface area contributed by atoms with E-state index in [0.717, 1.165) is 53.2 Å². The average Bonchev–Trinajstić information content (AvgIpc) is 3.16. The Morgan fingerprint density at radius 1 is 0.947 bits per heavy atom. The number of quaternary nitrogens is 1. The Labute approximate surface area is 328 Å². The number of alkyl halides is 3. The SMILES string of the molecule is C[N+]1(C)CCC(OC(=O)Nc2cc(CCCC(=O)Nc3ccc(CNC[C@H](O)c4ccc(O)c5[nH]c(=O)ccc45)c(C(F)(F)F)c3)ccc2-c2ccccc2)CC1. The average molecular weight is 787 g/mol. The molecule has 0 aliphatic carbocycles. The minimum absolute atomic E-state index is 0.00153. The zero-order valence-electron chi connectivity index (χ0n) is 31.8. The number of aryl methyl sites for hydroxylation is 1. The van der Waals surface area contributed by atoms with Gasteiger partial charge in [-0.3, -0.25) is 14.9 Å². The quantitative estimate of drug-likeness (QED) is 0.0677. The minimum atomic E-state index is -4.72. The molecule has 6 N–H and O–H groups in total. The number of hydrogen-bond acceptors (Lipinski definition) is 7. The molecule has 0 saturated carbocycles. The van der Waals surface area contributed by atoms with Crippen molar-refractivity contribution in [1.29, 1.82) is 0 Å². The predicted octanol–water partition coefficient (Wildman–Crippen LogP) is 7.49. The lowest BCUT2D eigenvalue weighted by Gasteiger charge is -2.36. The third kappa shape index (κ3) is 10.8. The molecule has 1 atom stereocenters. The second-order valence-corrected chi connectivity index (χ2v) is 15.1. The molecule has 2 amide bonds. The van der Waals surface area contributed by atoms with E-state index < -0.39 is 35.4 Å². The first-order valence-corrected chi connectivity index (χ1v) is 18.9. The number of anilines is 2. The van der Waals surface area contributed by atoms with Crippen molar-refractivity contribution in [3.8, 4) is 16.9 Å². The summed E-state index contributed by atoms with van der Waals surface area (Å²) in [6.45, 7) is 1.48. The van der Waals surface area contributed by atoms with Gasteiger partial charge in [-0.1, -0.05) is 54.6 Å². The number of carbonyl (C=O) groups excluding carboxylic acids is 2. The number of aliphatic hydroxyl groups is 1. The third-order valence-corrected chi connectivity index (χ3v) is 10.3. The van der Waals surface area contributed by atoms with Crippen molar-refractivity contribution in [1.82, 2.24) is 10.3 Å². The van der Waals surface area contributed by atoms with E-state index >= 15 is 0 Å². The van der Waals surface area contributed by atoms with E-state index in [-0.39, 0.29) is 48.1 Å². The maximum Gasteiger partial charge on any atom is 0.416 e. The number of nitrogens with zero attached hydrogens (tertiary/aromatic N) is 1. The van der Waals surface area contributed by atoms with Gasteiger partial charge in [0.1, 0.15) is 11.9 Å². The van der Waals surface area contributed by atoms with Crippen molar-refractivity contribution in [2.75, 3.05) is 44.4 Å². The number of H-pyrrole nitrogens is 1. The molecule has 6 rings (SSSR count). The fourth-order valence-corrected chi connectivity index (χ4v) is 7.12. The van der Waals surface area contributed by atoms with E-state index in [1.54, 1.807) is 0 Å². The number of halogens is 3. The first kappa shape index (κ1) is 40.9. The number of aromatic amines is 1. The second-order valence-electron chi connectivity index (χ2n) is 15.1. The molecule has 0 unspecified atom stereocenters. The summed E-state index contributed by atoms with van der Waals surface area (Å²) in [6, 6.07) is 24.4. The van der Waals surface area contributed by atoms with Crippen LogP contribution >= 0.6 is 0 Å². The van der Waals surface area contributed by atoms with Crippen molar-refractivity contribution in [3.63, 3.8) is 0 Å². The van der Waals surface area contributed by atoms with Crippen LogP contribution in [0.15, 0.2) is 95.8 Å². The van der Waals surface area contributed by atoms with Crippen molar-refractivity contribution < 1.29 is 42.2 Å². The number of pyridine rings is 1. The number of aliphatic hydroxyl groups excluding tert-OH is 1. The van der Waals surface area contributed by atoms with Crippen LogP contribution in [0.2, 0.25) is 0 Å². The largest absolute Gasteiger partial charge is 0.506 e. The summed E-state index contributed by atoms with van der Waals surface area (Å²) in [7, 11) is 4.32. The monoisotopic (exact) mass is 786 g/mol. The molecule has 1 aliphatic heterocycles. The van der Waals surface area contributed by atoms with Crippen molar-refractivity contribution >= 4 is 34.3 Å². The zero-order chi connectivity index (χ0) is 40.7. The summed E-state index contributed by atoms with van der Waals surface area (Å²) in [5.74, 6) is -0.626. The summed E-state index contributed by atoms with van der Waals surface area (Å²) < 4.78 is 49.2. The standard InChI is InChI=1S/C43H46F3N5O6/c1-51(2)21-19-31(20-22-51)57-42(56)49-36-23-27(11-14-32(36)28-8-4-3-5-9-28)7-6-10-39(54)48-30-13-12-29(35(24-30)43(44,45)46)25-47-26-38(53)33-15-17-37(52)41-34(33)16-18-40(55)50-41/h3-5,8-9,11-18,23-24,31,38,47,53H,6-7,10,19-22,25-26H2,1-2H3,(H3-,48,49,50,52,54,55,56)/p+1/t38-/m0/s1. The number of phenols is 1. The molecule has 300 valence electrons. The van der Waals surface area contributed by atoms with E-state index in [4.69, 9.17) is 4.74 Å². The number of ether oxygens (including phenoxy) is 1. The number of aromatic nitrogens is 1. The number of benzene rings is 4. The molecule has 1 fully saturated rings. The van der Waals surface area contributed by atoms with Crippen LogP contribution in [0.1, 0.15) is 54.0 Å². The summed E-state index contributed by atoms with van der Waals surface area (Å²) in [6.07, 6.45) is -4.07. The number of phenolic OH excluding ortho intramolecular Hbond substituents is 1. The van der Waals surface area contributed by atoms with Gasteiger partial charge in [0.15, 0.2) is 0 Å². The molecule has 0 spiro atoms. The Morgan fingerprint density at radius 2 is 1.70 bits per heavy atom. The van der Waals surface area contributed by atoms with Crippen molar-refractivity contribution in [2.24, 2.45) is 0 Å². The van der Waals surface area contributed by atoms with Gasteiger partial charge in [0.2, 0.25) is 11.5 Å². The smallest absolute Gasteiger partial charge is 0.416 e. The lowest BCUT2D eigenvalue weighted by molar-refractivity contribution is -0.896. The lowest BCUT2D eigenvalue weighted by Crippen LogP contribution is -2.48. The second kappa shape index (κ2) is 17.6. The molecule has 14 heteroatoms. The highest BCUT2D eigenvalue weighted by molar-refractivity contribution is 5.92. The molecule has 0 radical (unpaired) electrons. The highest BCUT2D eigenvalue weighted by Gasteiger charge is 2.34. The van der Waals surface area contributed by atoms with Crippen LogP contribution in [0.4, 0.5) is 29.3 Å². The van der Waals surface area contributed by atoms with Gasteiger partial charge in [-0.25, -0.2) is 4.79 Å². The van der Waals surface area contributed by atoms with Crippen LogP contribution in [-0.4, -0.2) is 71.5 Å². The molecule has 2 heterocycles. The molecular formula is C43H47F3N5O6+. The fraction of sp³-hybridized carbons (Fsp3) is 0.326. The van der Waals surface area contributed by atoms with Gasteiger partial charge < -0.3 is 35.1 Å². The van der Waals surface area contributed by atoms with E-state index in [1.165, 1.54) is 36.4 Å². The summed E-state index contributed by atoms with van der Waals surface area (Å²) in [5, 5.41) is 29.7. The normalized spacial score (nSPS) is 14.9. The maximum absolute atomic E-state index is 14.2. The van der Waals surface area contributed by atoms with Crippen LogP contribution in [0, 0.1) is 0 Å². The topological polar surface area (TPSA) is 153 Å². The number of carbonyl (C=O) groups is 2. The van der Waals surface area contributed by atoms with Crippen molar-refractivity contribution in [2.45, 2.75) is 57.0 Å². The molecule has 1 aliphatic rings. The first-order valence-electron chi connectivity index (χ1n) is 18.9. The van der Waals surface area contributed by atoms with E-state index in [0.29, 0.717) is 29.5 Å². The molecule has 11 nitrogen and oxygen atoms in total. The van der Waals surface area contributed by atoms with Crippen LogP contribution in [0.3, 0.4) is 0 Å². The van der Waals surface area contributed by atoms with Gasteiger partial charge in [0, 0.05) is 55.1 Å². The Morgan fingerprint density at radius 3 is 2.44 bits per heavy atom. The molecular weight excluding hydrogens is 739 g/mol. The minimum Gasteiger partial charge on any atom is -0.506 e. The number of piperidine rings is 1. The predicted molar refractivity (Wildman–Crippen MR) is 213 cm³/mol. The number of rotatable bonds is 13. The fourth-order valence-electron chi connectivity index (χ4n) is 7.12. The third-order valence-electron chi connectivity index (χ3n) is 10.3. The summed E-state index contributed by atoms with van der Waals surface area (Å²) in [4.78, 5) is 40.1. The molecule has 0 bridgehead atoms. The van der Waals surface area contributed by atoms with Crippen LogP contribution in [0.25, 0.3) is 22.0 Å².